The maximum absolute atomic E-state index is 11.8. The van der Waals surface area contributed by atoms with Crippen molar-refractivity contribution in [2.24, 2.45) is 0 Å². The second kappa shape index (κ2) is 9.11. The Bertz CT molecular complexity index is 1250. The van der Waals surface area contributed by atoms with Crippen molar-refractivity contribution in [2.45, 2.75) is 6.54 Å². The van der Waals surface area contributed by atoms with E-state index in [-0.39, 0.29) is 0 Å². The Kier molecular flexibility index (Phi) is 6.18. The first-order valence-corrected chi connectivity index (χ1v) is 13.6. The molecule has 0 saturated carbocycles. The average molecular weight is 490 g/mol. The van der Waals surface area contributed by atoms with Crippen molar-refractivity contribution in [3.05, 3.63) is 29.1 Å². The van der Waals surface area contributed by atoms with Crippen LogP contribution in [0.5, 0.6) is 0 Å². The molecule has 2 saturated heterocycles. The van der Waals surface area contributed by atoms with Crippen molar-refractivity contribution < 1.29 is 13.2 Å². The Hall–Kier alpha value is -2.38. The number of piperazine rings is 1. The summed E-state index contributed by atoms with van der Waals surface area (Å²) in [5.74, 6) is 1.89. The van der Waals surface area contributed by atoms with Gasteiger partial charge in [-0.15, -0.1) is 11.3 Å². The average Bonchev–Trinajstić information content (AvgIpc) is 3.21. The maximum atomic E-state index is 11.8. The molecule has 12 heteroatoms. The zero-order chi connectivity index (χ0) is 23.0. The molecule has 2 aliphatic rings. The molecule has 0 spiro atoms. The Morgan fingerprint density at radius 1 is 1.06 bits per heavy atom. The van der Waals surface area contributed by atoms with Crippen LogP contribution >= 0.6 is 11.3 Å². The second-order valence-corrected chi connectivity index (χ2v) is 11.4. The minimum atomic E-state index is -3.13. The molecule has 3 aromatic heterocycles. The number of rotatable bonds is 5. The second-order valence-electron chi connectivity index (χ2n) is 8.29. The zero-order valence-electron chi connectivity index (χ0n) is 18.5. The molecular formula is C21H27N7O3S2. The van der Waals surface area contributed by atoms with Gasteiger partial charge in [0.15, 0.2) is 5.82 Å². The van der Waals surface area contributed by atoms with Gasteiger partial charge in [0.05, 0.1) is 24.9 Å². The minimum absolute atomic E-state index is 0.434. The molecule has 0 radical (unpaired) electrons. The highest BCUT2D eigenvalue weighted by molar-refractivity contribution is 7.88. The fourth-order valence-corrected chi connectivity index (χ4v) is 6.07. The molecule has 0 atom stereocenters. The number of hydrogen-bond acceptors (Lipinski definition) is 10. The highest BCUT2D eigenvalue weighted by Gasteiger charge is 2.25. The normalized spacial score (nSPS) is 18.8. The molecule has 2 aliphatic heterocycles. The molecule has 10 nitrogen and oxygen atoms in total. The van der Waals surface area contributed by atoms with Crippen molar-refractivity contribution in [2.75, 3.05) is 69.4 Å². The molecule has 33 heavy (non-hydrogen) atoms. The highest BCUT2D eigenvalue weighted by atomic mass is 32.2. The summed E-state index contributed by atoms with van der Waals surface area (Å²) in [5, 5.41) is 1.03. The molecule has 0 aliphatic carbocycles. The van der Waals surface area contributed by atoms with Gasteiger partial charge in [0.2, 0.25) is 10.0 Å². The van der Waals surface area contributed by atoms with E-state index in [0.29, 0.717) is 56.7 Å². The predicted molar refractivity (Wildman–Crippen MR) is 130 cm³/mol. The first-order chi connectivity index (χ1) is 15.9. The van der Waals surface area contributed by atoms with Crippen LogP contribution in [-0.2, 0) is 21.3 Å². The molecule has 2 fully saturated rings. The van der Waals surface area contributed by atoms with Crippen LogP contribution in [-0.4, -0.2) is 91.3 Å². The third kappa shape index (κ3) is 4.94. The van der Waals surface area contributed by atoms with Crippen LogP contribution in [0.2, 0.25) is 0 Å². The summed E-state index contributed by atoms with van der Waals surface area (Å²) >= 11 is 1.65. The molecule has 0 bridgehead atoms. The van der Waals surface area contributed by atoms with Crippen LogP contribution in [0.1, 0.15) is 4.88 Å². The van der Waals surface area contributed by atoms with Gasteiger partial charge in [-0.3, -0.25) is 4.90 Å². The number of nitrogens with zero attached hydrogens (tertiary/aromatic N) is 6. The van der Waals surface area contributed by atoms with Gasteiger partial charge >= 0.3 is 0 Å². The van der Waals surface area contributed by atoms with Gasteiger partial charge in [0, 0.05) is 50.7 Å². The fraction of sp³-hybridized carbons (Fsp3) is 0.476. The number of nitrogen functional groups attached to an aromatic ring is 1. The SMILES string of the molecule is CS(=O)(=O)N1CCN(Cc2cc3c(N4CCOCC4)nc(-c4cccc(N)n4)nc3s2)CC1. The lowest BCUT2D eigenvalue weighted by atomic mass is 10.2. The Morgan fingerprint density at radius 3 is 2.52 bits per heavy atom. The number of ether oxygens (including phenoxy) is 1. The fourth-order valence-electron chi connectivity index (χ4n) is 4.18. The van der Waals surface area contributed by atoms with Crippen molar-refractivity contribution in [1.82, 2.24) is 24.2 Å². The zero-order valence-corrected chi connectivity index (χ0v) is 20.1. The first kappa shape index (κ1) is 22.4. The van der Waals surface area contributed by atoms with Crippen LogP contribution in [0.25, 0.3) is 21.7 Å². The summed E-state index contributed by atoms with van der Waals surface area (Å²) in [5.41, 5.74) is 6.55. The van der Waals surface area contributed by atoms with Gasteiger partial charge < -0.3 is 15.4 Å². The minimum Gasteiger partial charge on any atom is -0.384 e. The maximum Gasteiger partial charge on any atom is 0.211 e. The topological polar surface area (TPSA) is 118 Å². The van der Waals surface area contributed by atoms with Crippen LogP contribution in [0.4, 0.5) is 11.6 Å². The van der Waals surface area contributed by atoms with Gasteiger partial charge in [-0.2, -0.15) is 4.31 Å². The molecule has 5 rings (SSSR count). The number of anilines is 2. The smallest absolute Gasteiger partial charge is 0.211 e. The summed E-state index contributed by atoms with van der Waals surface area (Å²) in [6, 6.07) is 7.65. The third-order valence-electron chi connectivity index (χ3n) is 5.91. The van der Waals surface area contributed by atoms with Crippen LogP contribution < -0.4 is 10.6 Å². The number of thiophene rings is 1. The summed E-state index contributed by atoms with van der Waals surface area (Å²) < 4.78 is 30.7. The molecule has 2 N–H and O–H groups in total. The lowest BCUT2D eigenvalue weighted by molar-refractivity contribution is 0.122. The van der Waals surface area contributed by atoms with E-state index in [4.69, 9.17) is 20.4 Å². The molecular weight excluding hydrogens is 462 g/mol. The Balaban J connectivity index is 1.45. The standard InChI is InChI=1S/C21H27N7O3S2/c1-33(29,30)28-7-5-26(6-8-28)14-15-13-16-20(27-9-11-31-12-10-27)24-19(25-21(16)32-15)17-3-2-4-18(22)23-17/h2-4,13H,5-12,14H2,1H3,(H2,22,23). The monoisotopic (exact) mass is 489 g/mol. The van der Waals surface area contributed by atoms with E-state index in [1.54, 1.807) is 21.7 Å². The van der Waals surface area contributed by atoms with E-state index in [9.17, 15) is 8.42 Å². The van der Waals surface area contributed by atoms with E-state index in [2.05, 4.69) is 20.9 Å². The van der Waals surface area contributed by atoms with Gasteiger partial charge in [-0.1, -0.05) is 6.07 Å². The number of pyridine rings is 1. The van der Waals surface area contributed by atoms with Crippen LogP contribution in [0.15, 0.2) is 24.3 Å². The number of aromatic nitrogens is 3. The predicted octanol–water partition coefficient (Wildman–Crippen LogP) is 1.25. The third-order valence-corrected chi connectivity index (χ3v) is 8.23. The summed E-state index contributed by atoms with van der Waals surface area (Å²) in [4.78, 5) is 20.8. The first-order valence-electron chi connectivity index (χ1n) is 10.9. The molecule has 3 aromatic rings. The molecule has 0 unspecified atom stereocenters. The van der Waals surface area contributed by atoms with Crippen molar-refractivity contribution >= 4 is 43.2 Å². The molecule has 0 amide bonds. The van der Waals surface area contributed by atoms with E-state index >= 15 is 0 Å². The Labute approximate surface area is 197 Å². The quantitative estimate of drug-likeness (QED) is 0.565. The van der Waals surface area contributed by atoms with E-state index in [0.717, 1.165) is 35.7 Å². The highest BCUT2D eigenvalue weighted by Crippen LogP contribution is 2.34. The van der Waals surface area contributed by atoms with Crippen molar-refractivity contribution in [3.63, 3.8) is 0 Å². The largest absolute Gasteiger partial charge is 0.384 e. The summed E-state index contributed by atoms with van der Waals surface area (Å²) in [6.07, 6.45) is 1.27. The van der Waals surface area contributed by atoms with E-state index in [1.807, 2.05) is 12.1 Å². The van der Waals surface area contributed by atoms with Gasteiger partial charge in [0.25, 0.3) is 0 Å². The van der Waals surface area contributed by atoms with Crippen LogP contribution in [0, 0.1) is 0 Å². The van der Waals surface area contributed by atoms with Gasteiger partial charge in [-0.25, -0.2) is 23.4 Å². The van der Waals surface area contributed by atoms with Gasteiger partial charge in [-0.05, 0) is 18.2 Å². The summed E-state index contributed by atoms with van der Waals surface area (Å²) in [7, 11) is -3.13. The number of nitrogens with two attached hydrogens (primary N) is 1. The number of sulfonamides is 1. The van der Waals surface area contributed by atoms with E-state index < -0.39 is 10.0 Å². The van der Waals surface area contributed by atoms with Gasteiger partial charge in [0.1, 0.15) is 22.2 Å². The number of morpholine rings is 1. The lowest BCUT2D eigenvalue weighted by Gasteiger charge is -2.32. The number of hydrogen-bond donors (Lipinski definition) is 1. The Morgan fingerprint density at radius 2 is 1.82 bits per heavy atom. The van der Waals surface area contributed by atoms with Crippen molar-refractivity contribution in [1.29, 1.82) is 0 Å². The molecule has 0 aromatic carbocycles. The molecule has 5 heterocycles. The summed E-state index contributed by atoms with van der Waals surface area (Å²) in [6.45, 7) is 6.10. The molecule has 176 valence electrons. The van der Waals surface area contributed by atoms with E-state index in [1.165, 1.54) is 11.1 Å². The van der Waals surface area contributed by atoms with Crippen LogP contribution in [0.3, 0.4) is 0 Å². The lowest BCUT2D eigenvalue weighted by Crippen LogP contribution is -2.47. The van der Waals surface area contributed by atoms with Crippen molar-refractivity contribution in [3.8, 4) is 11.5 Å². The number of fused-ring (bicyclic) bond motifs is 1.